The molecular formula is C40H24BrN3O. The lowest BCUT2D eigenvalue weighted by Crippen LogP contribution is -2.03. The highest BCUT2D eigenvalue weighted by atomic mass is 79.9. The number of aromatic nitrogens is 3. The Hall–Kier alpha value is -5.52. The molecule has 9 rings (SSSR count). The van der Waals surface area contributed by atoms with Crippen molar-refractivity contribution >= 4 is 59.7 Å². The largest absolute Gasteiger partial charge is 0.456 e. The first-order chi connectivity index (χ1) is 22.2. The predicted molar refractivity (Wildman–Crippen MR) is 188 cm³/mol. The SMILES string of the molecule is Brc1cccc2oc3ccc(-c4ccc5c(c4)c4ccccc4n5-c4nc(-c5ccccc5)cc(-c5ccccc5)n4)cc3c12. The Morgan fingerprint density at radius 1 is 0.467 bits per heavy atom. The van der Waals surface area contributed by atoms with E-state index in [1.165, 1.54) is 0 Å². The van der Waals surface area contributed by atoms with Gasteiger partial charge in [-0.1, -0.05) is 113 Å². The normalized spacial score (nSPS) is 11.7. The minimum Gasteiger partial charge on any atom is -0.456 e. The summed E-state index contributed by atoms with van der Waals surface area (Å²) in [5, 5.41) is 4.49. The number of nitrogens with zero attached hydrogens (tertiary/aromatic N) is 3. The summed E-state index contributed by atoms with van der Waals surface area (Å²) in [5.74, 6) is 0.644. The van der Waals surface area contributed by atoms with Crippen LogP contribution in [0.25, 0.3) is 83.3 Å². The van der Waals surface area contributed by atoms with Gasteiger partial charge in [0.1, 0.15) is 11.2 Å². The van der Waals surface area contributed by atoms with E-state index in [4.69, 9.17) is 14.4 Å². The third-order valence-electron chi connectivity index (χ3n) is 8.50. The van der Waals surface area contributed by atoms with Gasteiger partial charge in [0.25, 0.3) is 0 Å². The number of furan rings is 1. The Morgan fingerprint density at radius 2 is 1.09 bits per heavy atom. The van der Waals surface area contributed by atoms with Crippen LogP contribution in [0, 0.1) is 0 Å². The van der Waals surface area contributed by atoms with Crippen molar-refractivity contribution in [3.05, 3.63) is 150 Å². The average molecular weight is 643 g/mol. The highest BCUT2D eigenvalue weighted by molar-refractivity contribution is 9.10. The van der Waals surface area contributed by atoms with Crippen LogP contribution >= 0.6 is 15.9 Å². The van der Waals surface area contributed by atoms with Gasteiger partial charge in [-0.2, -0.15) is 0 Å². The summed E-state index contributed by atoms with van der Waals surface area (Å²) < 4.78 is 9.36. The summed E-state index contributed by atoms with van der Waals surface area (Å²) in [6.07, 6.45) is 0. The monoisotopic (exact) mass is 641 g/mol. The number of benzene rings is 6. The van der Waals surface area contributed by atoms with Gasteiger partial charge in [-0.3, -0.25) is 4.57 Å². The van der Waals surface area contributed by atoms with Crippen LogP contribution in [0.3, 0.4) is 0 Å². The van der Waals surface area contributed by atoms with Crippen molar-refractivity contribution < 1.29 is 4.42 Å². The molecule has 0 saturated carbocycles. The molecule has 0 fully saturated rings. The third-order valence-corrected chi connectivity index (χ3v) is 9.16. The van der Waals surface area contributed by atoms with Crippen LogP contribution in [0.1, 0.15) is 0 Å². The highest BCUT2D eigenvalue weighted by Crippen LogP contribution is 2.39. The summed E-state index contributed by atoms with van der Waals surface area (Å²) in [6, 6.07) is 50.4. The fraction of sp³-hybridized carbons (Fsp3) is 0. The topological polar surface area (TPSA) is 43.9 Å². The van der Waals surface area contributed by atoms with E-state index in [1.807, 2.05) is 48.5 Å². The van der Waals surface area contributed by atoms with Crippen molar-refractivity contribution in [2.24, 2.45) is 0 Å². The molecule has 0 N–H and O–H groups in total. The Kier molecular flexibility index (Phi) is 5.93. The molecule has 0 aliphatic heterocycles. The van der Waals surface area contributed by atoms with Gasteiger partial charge >= 0.3 is 0 Å². The number of fused-ring (bicyclic) bond motifs is 6. The number of halogens is 1. The van der Waals surface area contributed by atoms with E-state index in [9.17, 15) is 0 Å². The smallest absolute Gasteiger partial charge is 0.235 e. The number of para-hydroxylation sites is 1. The second-order valence-corrected chi connectivity index (χ2v) is 12.0. The zero-order valence-electron chi connectivity index (χ0n) is 24.0. The summed E-state index contributed by atoms with van der Waals surface area (Å²) >= 11 is 3.73. The first-order valence-corrected chi connectivity index (χ1v) is 15.7. The molecule has 0 atom stereocenters. The fourth-order valence-electron chi connectivity index (χ4n) is 6.38. The van der Waals surface area contributed by atoms with Gasteiger partial charge in [-0.05, 0) is 59.7 Å². The Balaban J connectivity index is 1.27. The maximum Gasteiger partial charge on any atom is 0.235 e. The van der Waals surface area contributed by atoms with Gasteiger partial charge in [0.2, 0.25) is 5.95 Å². The van der Waals surface area contributed by atoms with Crippen LogP contribution < -0.4 is 0 Å². The zero-order valence-corrected chi connectivity index (χ0v) is 25.6. The van der Waals surface area contributed by atoms with Gasteiger partial charge in [-0.25, -0.2) is 9.97 Å². The first-order valence-electron chi connectivity index (χ1n) is 14.9. The summed E-state index contributed by atoms with van der Waals surface area (Å²) in [6.45, 7) is 0. The second kappa shape index (κ2) is 10.3. The molecule has 4 nitrogen and oxygen atoms in total. The maximum atomic E-state index is 6.14. The van der Waals surface area contributed by atoms with Crippen LogP contribution in [0.5, 0.6) is 0 Å². The average Bonchev–Trinajstić information content (AvgIpc) is 3.64. The molecule has 45 heavy (non-hydrogen) atoms. The van der Waals surface area contributed by atoms with E-state index in [-0.39, 0.29) is 0 Å². The van der Waals surface area contributed by atoms with Gasteiger partial charge in [0.15, 0.2) is 0 Å². The van der Waals surface area contributed by atoms with Crippen LogP contribution in [0.2, 0.25) is 0 Å². The van der Waals surface area contributed by atoms with Crippen LogP contribution in [-0.4, -0.2) is 14.5 Å². The van der Waals surface area contributed by atoms with Crippen molar-refractivity contribution in [2.45, 2.75) is 0 Å². The van der Waals surface area contributed by atoms with Crippen molar-refractivity contribution in [1.29, 1.82) is 0 Å². The molecule has 0 aliphatic rings. The van der Waals surface area contributed by atoms with E-state index in [0.29, 0.717) is 5.95 Å². The minimum atomic E-state index is 0.644. The molecule has 0 spiro atoms. The molecule has 212 valence electrons. The lowest BCUT2D eigenvalue weighted by Gasteiger charge is -2.12. The summed E-state index contributed by atoms with van der Waals surface area (Å²) in [7, 11) is 0. The van der Waals surface area contributed by atoms with E-state index < -0.39 is 0 Å². The van der Waals surface area contributed by atoms with Gasteiger partial charge in [0, 0.05) is 37.1 Å². The van der Waals surface area contributed by atoms with E-state index in [2.05, 4.69) is 118 Å². The molecule has 0 unspecified atom stereocenters. The molecule has 0 amide bonds. The molecule has 3 heterocycles. The van der Waals surface area contributed by atoms with Crippen molar-refractivity contribution in [1.82, 2.24) is 14.5 Å². The first kappa shape index (κ1) is 25.9. The van der Waals surface area contributed by atoms with Crippen LogP contribution in [0.15, 0.2) is 154 Å². The van der Waals surface area contributed by atoms with Crippen molar-refractivity contribution in [3.63, 3.8) is 0 Å². The van der Waals surface area contributed by atoms with Crippen molar-refractivity contribution in [3.8, 4) is 39.6 Å². The standard InChI is InChI=1S/C40H24BrN3O/c41-32-15-9-17-38-39(32)31-23-28(19-21-37(31)45-38)27-18-20-36-30(22-27)29-14-7-8-16-35(29)44(36)40-42-33(25-10-3-1-4-11-25)24-34(43-40)26-12-5-2-6-13-26/h1-24H. The molecule has 0 aliphatic carbocycles. The van der Waals surface area contributed by atoms with Crippen LogP contribution in [-0.2, 0) is 0 Å². The lowest BCUT2D eigenvalue weighted by molar-refractivity contribution is 0.669. The Morgan fingerprint density at radius 3 is 1.82 bits per heavy atom. The molecule has 9 aromatic rings. The van der Waals surface area contributed by atoms with E-state index in [0.717, 1.165) is 81.9 Å². The number of hydrogen-bond acceptors (Lipinski definition) is 3. The van der Waals surface area contributed by atoms with E-state index in [1.54, 1.807) is 0 Å². The van der Waals surface area contributed by atoms with E-state index >= 15 is 0 Å². The van der Waals surface area contributed by atoms with Gasteiger partial charge in [-0.15, -0.1) is 0 Å². The lowest BCUT2D eigenvalue weighted by atomic mass is 10.0. The Labute approximate surface area is 267 Å². The predicted octanol–water partition coefficient (Wildman–Crippen LogP) is 11.2. The fourth-order valence-corrected chi connectivity index (χ4v) is 6.94. The Bertz CT molecular complexity index is 2490. The highest BCUT2D eigenvalue weighted by Gasteiger charge is 2.18. The molecule has 0 bridgehead atoms. The summed E-state index contributed by atoms with van der Waals surface area (Å²) in [5.41, 5.74) is 10.0. The minimum absolute atomic E-state index is 0.644. The quantitative estimate of drug-likeness (QED) is 0.192. The molecular weight excluding hydrogens is 618 g/mol. The molecule has 0 radical (unpaired) electrons. The third kappa shape index (κ3) is 4.27. The zero-order chi connectivity index (χ0) is 29.9. The van der Waals surface area contributed by atoms with Gasteiger partial charge < -0.3 is 4.42 Å². The molecule has 0 saturated heterocycles. The second-order valence-electron chi connectivity index (χ2n) is 11.2. The van der Waals surface area contributed by atoms with Gasteiger partial charge in [0.05, 0.1) is 22.4 Å². The number of hydrogen-bond donors (Lipinski definition) is 0. The van der Waals surface area contributed by atoms with Crippen LogP contribution in [0.4, 0.5) is 0 Å². The summed E-state index contributed by atoms with van der Waals surface area (Å²) in [4.78, 5) is 10.3. The number of rotatable bonds is 4. The molecule has 6 aromatic carbocycles. The van der Waals surface area contributed by atoms with Crippen molar-refractivity contribution in [2.75, 3.05) is 0 Å². The molecule has 3 aromatic heterocycles. The molecule has 5 heteroatoms. The maximum absolute atomic E-state index is 6.14.